The van der Waals surface area contributed by atoms with Crippen molar-refractivity contribution in [3.63, 3.8) is 0 Å². The second kappa shape index (κ2) is 13.0. The van der Waals surface area contributed by atoms with Gasteiger partial charge in [-0.25, -0.2) is 0 Å². The maximum Gasteiger partial charge on any atom is 0.302 e. The van der Waals surface area contributed by atoms with Crippen LogP contribution in [-0.2, 0) is 14.3 Å². The largest absolute Gasteiger partial charge is 0.463 e. The van der Waals surface area contributed by atoms with Crippen LogP contribution in [-0.4, -0.2) is 37.5 Å². The van der Waals surface area contributed by atoms with E-state index in [0.29, 0.717) is 0 Å². The fraction of sp³-hybridized carbons (Fsp3) is 0.875. The summed E-state index contributed by atoms with van der Waals surface area (Å²) in [5.41, 5.74) is 0. The lowest BCUT2D eigenvalue weighted by atomic mass is 10.7. The number of aliphatic hydroxyl groups is 1. The molecule has 0 aromatic rings. The molecule has 0 aromatic carbocycles. The second-order valence-electron chi connectivity index (χ2n) is 1.85. The predicted molar refractivity (Wildman–Crippen MR) is 45.9 cm³/mol. The zero-order valence-electron chi connectivity index (χ0n) is 8.00. The first-order chi connectivity index (χ1) is 5.68. The van der Waals surface area contributed by atoms with E-state index in [4.69, 9.17) is 9.84 Å². The standard InChI is InChI=1S/C4H8O3.C4H10O/c1-4(6)7-3-2-5;1-3-5-4-2/h5H,2-3H2,1H3;3-4H2,1-2H3. The number of hydrogen-bond donors (Lipinski definition) is 1. The van der Waals surface area contributed by atoms with Crippen LogP contribution in [0, 0.1) is 0 Å². The third-order valence-corrected chi connectivity index (χ3v) is 0.805. The number of aliphatic hydroxyl groups excluding tert-OH is 1. The van der Waals surface area contributed by atoms with Crippen molar-refractivity contribution in [3.8, 4) is 0 Å². The van der Waals surface area contributed by atoms with Gasteiger partial charge in [-0.2, -0.15) is 0 Å². The molecule has 0 atom stereocenters. The van der Waals surface area contributed by atoms with Crippen molar-refractivity contribution in [1.29, 1.82) is 0 Å². The quantitative estimate of drug-likeness (QED) is 0.640. The van der Waals surface area contributed by atoms with Gasteiger partial charge in [-0.15, -0.1) is 0 Å². The highest BCUT2D eigenvalue weighted by molar-refractivity contribution is 5.65. The third kappa shape index (κ3) is 22.8. The summed E-state index contributed by atoms with van der Waals surface area (Å²) in [5.74, 6) is -0.353. The van der Waals surface area contributed by atoms with E-state index in [0.717, 1.165) is 13.2 Å². The summed E-state index contributed by atoms with van der Waals surface area (Å²) in [7, 11) is 0. The summed E-state index contributed by atoms with van der Waals surface area (Å²) in [5, 5.41) is 8.04. The van der Waals surface area contributed by atoms with E-state index in [9.17, 15) is 4.79 Å². The molecule has 0 aliphatic rings. The Morgan fingerprint density at radius 3 is 1.92 bits per heavy atom. The molecule has 0 bridgehead atoms. The normalized spacial score (nSPS) is 8.33. The van der Waals surface area contributed by atoms with Gasteiger partial charge in [-0.1, -0.05) is 0 Å². The van der Waals surface area contributed by atoms with Gasteiger partial charge in [0.05, 0.1) is 6.61 Å². The molecule has 0 unspecified atom stereocenters. The Hall–Kier alpha value is -0.610. The van der Waals surface area contributed by atoms with Crippen molar-refractivity contribution in [3.05, 3.63) is 0 Å². The topological polar surface area (TPSA) is 55.8 Å². The molecule has 0 amide bonds. The summed E-state index contributed by atoms with van der Waals surface area (Å²) >= 11 is 0. The SMILES string of the molecule is CC(=O)OCCO.CCOCC. The average molecular weight is 178 g/mol. The lowest BCUT2D eigenvalue weighted by molar-refractivity contribution is -0.141. The lowest BCUT2D eigenvalue weighted by Gasteiger charge is -1.93. The van der Waals surface area contributed by atoms with Gasteiger partial charge in [0.1, 0.15) is 6.61 Å². The minimum absolute atomic E-state index is 0.0976. The second-order valence-corrected chi connectivity index (χ2v) is 1.85. The number of carbonyl (C=O) groups is 1. The van der Waals surface area contributed by atoms with Gasteiger partial charge in [-0.3, -0.25) is 4.79 Å². The van der Waals surface area contributed by atoms with E-state index in [1.165, 1.54) is 6.92 Å². The van der Waals surface area contributed by atoms with Crippen LogP contribution in [0.1, 0.15) is 20.8 Å². The van der Waals surface area contributed by atoms with Crippen LogP contribution < -0.4 is 0 Å². The molecule has 0 saturated heterocycles. The zero-order valence-corrected chi connectivity index (χ0v) is 8.00. The highest BCUT2D eigenvalue weighted by atomic mass is 16.5. The Morgan fingerprint density at radius 1 is 1.33 bits per heavy atom. The Labute approximate surface area is 73.5 Å². The molecule has 4 nitrogen and oxygen atoms in total. The van der Waals surface area contributed by atoms with Gasteiger partial charge in [0.15, 0.2) is 0 Å². The summed E-state index contributed by atoms with van der Waals surface area (Å²) in [6.07, 6.45) is 0. The number of esters is 1. The molecule has 0 spiro atoms. The molecule has 12 heavy (non-hydrogen) atoms. The van der Waals surface area contributed by atoms with E-state index >= 15 is 0 Å². The van der Waals surface area contributed by atoms with Crippen molar-refractivity contribution < 1.29 is 19.4 Å². The van der Waals surface area contributed by atoms with Crippen LogP contribution in [0.4, 0.5) is 0 Å². The smallest absolute Gasteiger partial charge is 0.302 e. The highest BCUT2D eigenvalue weighted by Crippen LogP contribution is 1.71. The molecule has 0 aromatic heterocycles. The van der Waals surface area contributed by atoms with Crippen LogP contribution in [0.3, 0.4) is 0 Å². The monoisotopic (exact) mass is 178 g/mol. The summed E-state index contributed by atoms with van der Waals surface area (Å²) in [6.45, 7) is 6.98. The fourth-order valence-electron chi connectivity index (χ4n) is 0.393. The van der Waals surface area contributed by atoms with Crippen molar-refractivity contribution in [2.75, 3.05) is 26.4 Å². The minimum atomic E-state index is -0.353. The molecule has 0 saturated carbocycles. The summed E-state index contributed by atoms with van der Waals surface area (Å²) < 4.78 is 9.14. The van der Waals surface area contributed by atoms with E-state index in [-0.39, 0.29) is 19.2 Å². The molecule has 0 heterocycles. The van der Waals surface area contributed by atoms with Crippen LogP contribution in [0.5, 0.6) is 0 Å². The van der Waals surface area contributed by atoms with Gasteiger partial charge in [0.25, 0.3) is 0 Å². The molecule has 0 aliphatic heterocycles. The van der Waals surface area contributed by atoms with E-state index in [1.807, 2.05) is 13.8 Å². The van der Waals surface area contributed by atoms with Crippen LogP contribution >= 0.6 is 0 Å². The molecule has 4 heteroatoms. The zero-order chi connectivity index (χ0) is 9.82. The van der Waals surface area contributed by atoms with Crippen LogP contribution in [0.25, 0.3) is 0 Å². The van der Waals surface area contributed by atoms with Crippen molar-refractivity contribution in [1.82, 2.24) is 0 Å². The lowest BCUT2D eigenvalue weighted by Crippen LogP contribution is -2.03. The molecular formula is C8H18O4. The average Bonchev–Trinajstić information content (AvgIpc) is 2.03. The van der Waals surface area contributed by atoms with Crippen molar-refractivity contribution in [2.24, 2.45) is 0 Å². The molecule has 0 rings (SSSR count). The number of ether oxygens (including phenoxy) is 2. The first kappa shape index (κ1) is 13.9. The van der Waals surface area contributed by atoms with Crippen molar-refractivity contribution in [2.45, 2.75) is 20.8 Å². The van der Waals surface area contributed by atoms with Gasteiger partial charge in [-0.05, 0) is 13.8 Å². The van der Waals surface area contributed by atoms with Gasteiger partial charge >= 0.3 is 5.97 Å². The van der Waals surface area contributed by atoms with Gasteiger partial charge in [0.2, 0.25) is 0 Å². The summed E-state index contributed by atoms with van der Waals surface area (Å²) in [6, 6.07) is 0. The van der Waals surface area contributed by atoms with Crippen molar-refractivity contribution >= 4 is 5.97 Å². The molecule has 1 N–H and O–H groups in total. The number of rotatable bonds is 4. The Bertz CT molecular complexity index is 91.1. The molecular weight excluding hydrogens is 160 g/mol. The fourth-order valence-corrected chi connectivity index (χ4v) is 0.393. The van der Waals surface area contributed by atoms with E-state index in [2.05, 4.69) is 4.74 Å². The van der Waals surface area contributed by atoms with Crippen LogP contribution in [0.15, 0.2) is 0 Å². The van der Waals surface area contributed by atoms with Gasteiger partial charge in [0, 0.05) is 20.1 Å². The molecule has 0 fully saturated rings. The first-order valence-electron chi connectivity index (χ1n) is 4.00. The predicted octanol–water partition coefficient (Wildman–Crippen LogP) is 0.585. The van der Waals surface area contributed by atoms with E-state index < -0.39 is 0 Å². The first-order valence-corrected chi connectivity index (χ1v) is 4.00. The maximum atomic E-state index is 9.87. The number of carbonyl (C=O) groups excluding carboxylic acids is 1. The molecule has 0 aliphatic carbocycles. The van der Waals surface area contributed by atoms with E-state index in [1.54, 1.807) is 0 Å². The molecule has 74 valence electrons. The summed E-state index contributed by atoms with van der Waals surface area (Å²) in [4.78, 5) is 9.87. The third-order valence-electron chi connectivity index (χ3n) is 0.805. The highest BCUT2D eigenvalue weighted by Gasteiger charge is 1.86. The van der Waals surface area contributed by atoms with Gasteiger partial charge < -0.3 is 14.6 Å². The molecule has 0 radical (unpaired) electrons. The van der Waals surface area contributed by atoms with Crippen LogP contribution in [0.2, 0.25) is 0 Å². The maximum absolute atomic E-state index is 9.87. The minimum Gasteiger partial charge on any atom is -0.463 e. The Kier molecular flexibility index (Phi) is 15.1. The Morgan fingerprint density at radius 2 is 1.83 bits per heavy atom. The Balaban J connectivity index is 0. The number of hydrogen-bond acceptors (Lipinski definition) is 4.